The summed E-state index contributed by atoms with van der Waals surface area (Å²) < 4.78 is 0. The van der Waals surface area contributed by atoms with Gasteiger partial charge in [-0.1, -0.05) is 73.2 Å². The molecule has 2 aromatic carbocycles. The van der Waals surface area contributed by atoms with Crippen molar-refractivity contribution in [3.05, 3.63) is 89.0 Å². The molecule has 0 saturated carbocycles. The Morgan fingerprint density at radius 3 is 2.77 bits per heavy atom. The van der Waals surface area contributed by atoms with Crippen LogP contribution in [0.1, 0.15) is 30.5 Å². The van der Waals surface area contributed by atoms with Crippen LogP contribution < -0.4 is 10.6 Å². The first-order valence-corrected chi connectivity index (χ1v) is 10.4. The molecule has 154 valence electrons. The molecule has 2 atom stereocenters. The van der Waals surface area contributed by atoms with Gasteiger partial charge in [0.1, 0.15) is 6.54 Å². The van der Waals surface area contributed by atoms with E-state index in [-0.39, 0.29) is 23.9 Å². The Balaban J connectivity index is 1.68. The molecule has 0 aromatic heterocycles. The third kappa shape index (κ3) is 4.26. The quantitative estimate of drug-likeness (QED) is 0.739. The Bertz CT molecular complexity index is 1020. The van der Waals surface area contributed by atoms with Crippen LogP contribution >= 0.6 is 11.6 Å². The van der Waals surface area contributed by atoms with Crippen LogP contribution in [-0.4, -0.2) is 29.9 Å². The Labute approximate surface area is 181 Å². The van der Waals surface area contributed by atoms with Gasteiger partial charge < -0.3 is 15.5 Å². The van der Waals surface area contributed by atoms with E-state index in [0.717, 1.165) is 17.5 Å². The van der Waals surface area contributed by atoms with Crippen molar-refractivity contribution < 1.29 is 9.59 Å². The van der Waals surface area contributed by atoms with Crippen LogP contribution in [0.25, 0.3) is 0 Å². The van der Waals surface area contributed by atoms with Crippen molar-refractivity contribution in [2.45, 2.75) is 19.4 Å². The number of rotatable bonds is 3. The minimum Gasteiger partial charge on any atom is -0.337 e. The van der Waals surface area contributed by atoms with Crippen LogP contribution in [0.15, 0.2) is 72.8 Å². The van der Waals surface area contributed by atoms with Gasteiger partial charge in [0.15, 0.2) is 0 Å². The molecule has 3 amide bonds. The largest absolute Gasteiger partial charge is 0.337 e. The van der Waals surface area contributed by atoms with Crippen molar-refractivity contribution in [3.63, 3.8) is 0 Å². The van der Waals surface area contributed by atoms with Gasteiger partial charge in [0, 0.05) is 28.2 Å². The number of carbonyl (C=O) groups excluding carboxylic acids is 2. The molecule has 2 N–H and O–H groups in total. The lowest BCUT2D eigenvalue weighted by molar-refractivity contribution is -0.116. The fraction of sp³-hybridized carbons (Fsp3) is 0.250. The lowest BCUT2D eigenvalue weighted by Gasteiger charge is -2.33. The molecule has 2 aromatic rings. The second-order valence-corrected chi connectivity index (χ2v) is 8.46. The Hall–Kier alpha value is -3.05. The zero-order valence-corrected chi connectivity index (χ0v) is 17.5. The summed E-state index contributed by atoms with van der Waals surface area (Å²) in [6, 6.07) is 14.3. The first-order chi connectivity index (χ1) is 14.5. The van der Waals surface area contributed by atoms with Gasteiger partial charge in [0.25, 0.3) is 0 Å². The summed E-state index contributed by atoms with van der Waals surface area (Å²) in [6.45, 7) is 2.53. The van der Waals surface area contributed by atoms with E-state index in [0.29, 0.717) is 17.3 Å². The molecular weight excluding hydrogens is 398 g/mol. The van der Waals surface area contributed by atoms with Gasteiger partial charge in [-0.25, -0.2) is 4.79 Å². The third-order valence-electron chi connectivity index (χ3n) is 5.56. The van der Waals surface area contributed by atoms with Crippen molar-refractivity contribution in [2.24, 2.45) is 5.41 Å². The van der Waals surface area contributed by atoms with Gasteiger partial charge in [-0.2, -0.15) is 0 Å². The van der Waals surface area contributed by atoms with Gasteiger partial charge >= 0.3 is 6.03 Å². The average molecular weight is 422 g/mol. The highest BCUT2D eigenvalue weighted by atomic mass is 35.5. The molecule has 1 aliphatic carbocycles. The van der Waals surface area contributed by atoms with Crippen LogP contribution in [0.3, 0.4) is 0 Å². The molecule has 4 rings (SSSR count). The zero-order valence-electron chi connectivity index (χ0n) is 16.8. The van der Waals surface area contributed by atoms with Crippen molar-refractivity contribution >= 4 is 29.2 Å². The van der Waals surface area contributed by atoms with Crippen LogP contribution in [0, 0.1) is 5.41 Å². The Morgan fingerprint density at radius 2 is 2.03 bits per heavy atom. The standard InChI is InChI=1S/C24H24ClN3O2/c1-24(12-6-3-7-13-24)16-26-23(30)28-15-21(29)27-20-11-10-18(25)14-19(20)22(28)17-8-4-2-5-9-17/h2-12,14,22H,13,15-16H2,1H3,(H,26,30)(H,27,29). The minimum absolute atomic E-state index is 0.0514. The van der Waals surface area contributed by atoms with E-state index in [9.17, 15) is 9.59 Å². The second kappa shape index (κ2) is 8.36. The maximum absolute atomic E-state index is 13.3. The first-order valence-electron chi connectivity index (χ1n) is 9.98. The van der Waals surface area contributed by atoms with Crippen LogP contribution in [0.5, 0.6) is 0 Å². The van der Waals surface area contributed by atoms with Gasteiger partial charge in [0.2, 0.25) is 5.91 Å². The van der Waals surface area contributed by atoms with Gasteiger partial charge in [-0.3, -0.25) is 4.79 Å². The average Bonchev–Trinajstić information content (AvgIpc) is 2.89. The summed E-state index contributed by atoms with van der Waals surface area (Å²) >= 11 is 6.28. The number of amides is 3. The normalized spacial score (nSPS) is 22.8. The lowest BCUT2D eigenvalue weighted by Crippen LogP contribution is -2.47. The van der Waals surface area contributed by atoms with Crippen molar-refractivity contribution in [1.29, 1.82) is 0 Å². The van der Waals surface area contributed by atoms with Crippen molar-refractivity contribution in [3.8, 4) is 0 Å². The summed E-state index contributed by atoms with van der Waals surface area (Å²) in [5, 5.41) is 6.51. The van der Waals surface area contributed by atoms with E-state index in [2.05, 4.69) is 29.7 Å². The van der Waals surface area contributed by atoms with Gasteiger partial charge in [-0.05, 0) is 30.2 Å². The number of hydrogen-bond donors (Lipinski definition) is 2. The van der Waals surface area contributed by atoms with E-state index in [1.54, 1.807) is 17.0 Å². The molecule has 6 heteroatoms. The lowest BCUT2D eigenvalue weighted by atomic mass is 9.84. The van der Waals surface area contributed by atoms with Crippen molar-refractivity contribution in [2.75, 3.05) is 18.4 Å². The Morgan fingerprint density at radius 1 is 1.23 bits per heavy atom. The summed E-state index contributed by atoms with van der Waals surface area (Å²) in [5.74, 6) is -0.237. The molecule has 1 aliphatic heterocycles. The number of urea groups is 1. The number of nitrogens with one attached hydrogen (secondary N) is 2. The fourth-order valence-corrected chi connectivity index (χ4v) is 4.12. The summed E-state index contributed by atoms with van der Waals surface area (Å²) in [7, 11) is 0. The highest BCUT2D eigenvalue weighted by Crippen LogP contribution is 2.37. The number of anilines is 1. The third-order valence-corrected chi connectivity index (χ3v) is 5.79. The maximum atomic E-state index is 13.3. The van der Waals surface area contributed by atoms with Crippen molar-refractivity contribution in [1.82, 2.24) is 10.2 Å². The predicted octanol–water partition coefficient (Wildman–Crippen LogP) is 4.92. The van der Waals surface area contributed by atoms with Crippen LogP contribution in [-0.2, 0) is 4.79 Å². The smallest absolute Gasteiger partial charge is 0.318 e. The molecule has 30 heavy (non-hydrogen) atoms. The number of allylic oxidation sites excluding steroid dienone is 3. The summed E-state index contributed by atoms with van der Waals surface area (Å²) in [6.07, 6.45) is 9.06. The monoisotopic (exact) mass is 421 g/mol. The van der Waals surface area contributed by atoms with E-state index in [1.165, 1.54) is 0 Å². The van der Waals surface area contributed by atoms with E-state index in [4.69, 9.17) is 11.6 Å². The molecule has 0 radical (unpaired) electrons. The molecule has 2 aliphatic rings. The molecule has 1 heterocycles. The molecule has 0 bridgehead atoms. The maximum Gasteiger partial charge on any atom is 0.318 e. The van der Waals surface area contributed by atoms with E-state index >= 15 is 0 Å². The Kier molecular flexibility index (Phi) is 5.64. The fourth-order valence-electron chi connectivity index (χ4n) is 3.94. The molecule has 2 unspecified atom stereocenters. The first kappa shape index (κ1) is 20.2. The number of benzene rings is 2. The molecule has 5 nitrogen and oxygen atoms in total. The number of nitrogens with zero attached hydrogens (tertiary/aromatic N) is 1. The second-order valence-electron chi connectivity index (χ2n) is 8.02. The molecule has 0 saturated heterocycles. The highest BCUT2D eigenvalue weighted by Gasteiger charge is 2.34. The van der Waals surface area contributed by atoms with Gasteiger partial charge in [-0.15, -0.1) is 0 Å². The van der Waals surface area contributed by atoms with E-state index in [1.807, 2.05) is 48.6 Å². The molecular formula is C24H24ClN3O2. The number of hydrogen-bond acceptors (Lipinski definition) is 2. The highest BCUT2D eigenvalue weighted by molar-refractivity contribution is 6.30. The summed E-state index contributed by atoms with van der Waals surface area (Å²) in [5.41, 5.74) is 2.23. The minimum atomic E-state index is -0.437. The number of carbonyl (C=O) groups is 2. The van der Waals surface area contributed by atoms with Crippen LogP contribution in [0.4, 0.5) is 10.5 Å². The van der Waals surface area contributed by atoms with Gasteiger partial charge in [0.05, 0.1) is 6.04 Å². The number of fused-ring (bicyclic) bond motifs is 1. The van der Waals surface area contributed by atoms with E-state index < -0.39 is 6.04 Å². The number of halogens is 1. The topological polar surface area (TPSA) is 61.4 Å². The SMILES string of the molecule is CC1(CNC(=O)N2CC(=O)Nc3ccc(Cl)cc3C2c2ccccc2)C=CC=CC1. The predicted molar refractivity (Wildman–Crippen MR) is 119 cm³/mol. The molecule has 0 spiro atoms. The molecule has 0 fully saturated rings. The summed E-state index contributed by atoms with van der Waals surface area (Å²) in [4.78, 5) is 27.5. The van der Waals surface area contributed by atoms with Crippen LogP contribution in [0.2, 0.25) is 5.02 Å². The zero-order chi connectivity index (χ0) is 21.1.